The molecule has 25 heavy (non-hydrogen) atoms. The van der Waals surface area contributed by atoms with E-state index in [1.54, 1.807) is 11.1 Å². The zero-order valence-electron chi connectivity index (χ0n) is 14.1. The smallest absolute Gasteiger partial charge is 0.317 e. The lowest BCUT2D eigenvalue weighted by Gasteiger charge is -2.24. The van der Waals surface area contributed by atoms with Crippen LogP contribution in [0.3, 0.4) is 0 Å². The Hall–Kier alpha value is -1.81. The Morgan fingerprint density at radius 3 is 2.88 bits per heavy atom. The van der Waals surface area contributed by atoms with Crippen LogP contribution in [0, 0.1) is 0 Å². The van der Waals surface area contributed by atoms with Crippen molar-refractivity contribution in [3.05, 3.63) is 6.20 Å². The lowest BCUT2D eigenvalue weighted by Crippen LogP contribution is -2.44. The number of aromatic amines is 1. The SMILES string of the molecule is O=C(NCCSc1cn[nH]n1)N1CCCN(C(=O)C2CCCO2)CC1. The molecule has 0 radical (unpaired) electrons. The van der Waals surface area contributed by atoms with Crippen LogP contribution in [0.5, 0.6) is 0 Å². The topological polar surface area (TPSA) is 103 Å². The number of urea groups is 1. The molecule has 1 aromatic rings. The maximum absolute atomic E-state index is 12.4. The summed E-state index contributed by atoms with van der Waals surface area (Å²) >= 11 is 1.53. The molecule has 1 atom stereocenters. The maximum Gasteiger partial charge on any atom is 0.317 e. The van der Waals surface area contributed by atoms with Gasteiger partial charge in [-0.25, -0.2) is 4.79 Å². The number of thioether (sulfide) groups is 1. The van der Waals surface area contributed by atoms with Crippen LogP contribution in [0.2, 0.25) is 0 Å². The summed E-state index contributed by atoms with van der Waals surface area (Å²) in [7, 11) is 0. The van der Waals surface area contributed by atoms with Crippen LogP contribution in [0.4, 0.5) is 4.79 Å². The highest BCUT2D eigenvalue weighted by atomic mass is 32.2. The molecule has 1 aromatic heterocycles. The van der Waals surface area contributed by atoms with Gasteiger partial charge in [-0.2, -0.15) is 10.3 Å². The Morgan fingerprint density at radius 1 is 1.28 bits per heavy atom. The average Bonchev–Trinajstić information content (AvgIpc) is 3.28. The van der Waals surface area contributed by atoms with E-state index in [1.807, 2.05) is 4.90 Å². The summed E-state index contributed by atoms with van der Waals surface area (Å²) in [6, 6.07) is -0.0767. The second-order valence-corrected chi connectivity index (χ2v) is 7.17. The van der Waals surface area contributed by atoms with Gasteiger partial charge in [-0.3, -0.25) is 4.79 Å². The van der Waals surface area contributed by atoms with Crippen LogP contribution in [0.1, 0.15) is 19.3 Å². The number of ether oxygens (including phenoxy) is 1. The largest absolute Gasteiger partial charge is 0.368 e. The van der Waals surface area contributed by atoms with Crippen molar-refractivity contribution in [3.63, 3.8) is 0 Å². The predicted octanol–water partition coefficient (Wildman–Crippen LogP) is 0.320. The highest BCUT2D eigenvalue weighted by Crippen LogP contribution is 2.16. The van der Waals surface area contributed by atoms with E-state index in [1.165, 1.54) is 11.8 Å². The summed E-state index contributed by atoms with van der Waals surface area (Å²) in [4.78, 5) is 28.3. The van der Waals surface area contributed by atoms with Crippen LogP contribution in [-0.4, -0.2) is 88.3 Å². The van der Waals surface area contributed by atoms with Crippen LogP contribution >= 0.6 is 11.8 Å². The number of nitrogens with one attached hydrogen (secondary N) is 2. The summed E-state index contributed by atoms with van der Waals surface area (Å²) < 4.78 is 5.48. The standard InChI is InChI=1S/C15H24N6O3S/c22-14(12-3-1-9-24-12)20-5-2-6-21(8-7-20)15(23)16-4-10-25-13-11-17-19-18-13/h11-12H,1-10H2,(H,16,23)(H,17,18,19). The number of carbonyl (C=O) groups excluding carboxylic acids is 2. The first-order valence-electron chi connectivity index (χ1n) is 8.66. The number of hydrogen-bond acceptors (Lipinski definition) is 6. The number of rotatable bonds is 5. The average molecular weight is 368 g/mol. The second-order valence-electron chi connectivity index (χ2n) is 6.06. The zero-order chi connectivity index (χ0) is 17.5. The van der Waals surface area contributed by atoms with E-state index in [0.29, 0.717) is 39.3 Å². The van der Waals surface area contributed by atoms with Gasteiger partial charge in [-0.1, -0.05) is 0 Å². The van der Waals surface area contributed by atoms with Gasteiger partial charge in [-0.15, -0.1) is 16.9 Å². The molecule has 9 nitrogen and oxygen atoms in total. The van der Waals surface area contributed by atoms with Crippen LogP contribution in [-0.2, 0) is 9.53 Å². The first-order valence-corrected chi connectivity index (χ1v) is 9.64. The first-order chi connectivity index (χ1) is 12.2. The molecule has 0 aromatic carbocycles. The minimum Gasteiger partial charge on any atom is -0.368 e. The third kappa shape index (κ3) is 5.08. The molecule has 2 saturated heterocycles. The van der Waals surface area contributed by atoms with Gasteiger partial charge in [0.15, 0.2) is 0 Å². The Labute approximate surface area is 150 Å². The zero-order valence-corrected chi connectivity index (χ0v) is 15.0. The summed E-state index contributed by atoms with van der Waals surface area (Å²) in [6.45, 7) is 3.71. The molecule has 0 aliphatic carbocycles. The molecule has 3 heterocycles. The normalized spacial score (nSPS) is 21.2. The summed E-state index contributed by atoms with van der Waals surface area (Å²) in [5.41, 5.74) is 0. The van der Waals surface area contributed by atoms with Crippen molar-refractivity contribution < 1.29 is 14.3 Å². The molecule has 10 heteroatoms. The van der Waals surface area contributed by atoms with E-state index in [4.69, 9.17) is 4.74 Å². The molecule has 2 N–H and O–H groups in total. The first kappa shape index (κ1) is 18.0. The van der Waals surface area contributed by atoms with E-state index in [-0.39, 0.29) is 18.0 Å². The van der Waals surface area contributed by atoms with E-state index < -0.39 is 0 Å². The number of amides is 3. The second kappa shape index (κ2) is 9.04. The summed E-state index contributed by atoms with van der Waals surface area (Å²) in [6.07, 6.45) is 3.92. The summed E-state index contributed by atoms with van der Waals surface area (Å²) in [5.74, 6) is 0.805. The van der Waals surface area contributed by atoms with Crippen molar-refractivity contribution >= 4 is 23.7 Å². The number of hydrogen-bond donors (Lipinski definition) is 2. The monoisotopic (exact) mass is 368 g/mol. The van der Waals surface area contributed by atoms with Gasteiger partial charge in [-0.05, 0) is 19.3 Å². The molecule has 3 amide bonds. The number of H-pyrrole nitrogens is 1. The minimum absolute atomic E-state index is 0.0729. The Bertz CT molecular complexity index is 564. The highest BCUT2D eigenvalue weighted by molar-refractivity contribution is 7.99. The van der Waals surface area contributed by atoms with Gasteiger partial charge in [0.25, 0.3) is 5.91 Å². The van der Waals surface area contributed by atoms with E-state index in [0.717, 1.165) is 30.0 Å². The summed E-state index contributed by atoms with van der Waals surface area (Å²) in [5, 5.41) is 14.0. The molecular formula is C15H24N6O3S. The van der Waals surface area contributed by atoms with E-state index in [9.17, 15) is 9.59 Å². The van der Waals surface area contributed by atoms with E-state index in [2.05, 4.69) is 20.7 Å². The minimum atomic E-state index is -0.283. The molecule has 2 aliphatic rings. The van der Waals surface area contributed by atoms with Crippen LogP contribution in [0.25, 0.3) is 0 Å². The van der Waals surface area contributed by atoms with Crippen molar-refractivity contribution in [2.75, 3.05) is 45.1 Å². The molecule has 2 aliphatic heterocycles. The molecule has 138 valence electrons. The van der Waals surface area contributed by atoms with Crippen LogP contribution in [0.15, 0.2) is 11.2 Å². The van der Waals surface area contributed by atoms with Gasteiger partial charge >= 0.3 is 6.03 Å². The van der Waals surface area contributed by atoms with Crippen molar-refractivity contribution in [2.24, 2.45) is 0 Å². The van der Waals surface area contributed by atoms with E-state index >= 15 is 0 Å². The van der Waals surface area contributed by atoms with Crippen LogP contribution < -0.4 is 5.32 Å². The molecule has 2 fully saturated rings. The van der Waals surface area contributed by atoms with Crippen molar-refractivity contribution in [1.29, 1.82) is 0 Å². The number of aromatic nitrogens is 3. The Kier molecular flexibility index (Phi) is 6.51. The fourth-order valence-electron chi connectivity index (χ4n) is 3.00. The van der Waals surface area contributed by atoms with Gasteiger partial charge in [0.05, 0.1) is 6.20 Å². The maximum atomic E-state index is 12.4. The molecule has 0 saturated carbocycles. The number of nitrogens with zero attached hydrogens (tertiary/aromatic N) is 4. The predicted molar refractivity (Wildman–Crippen MR) is 92.2 cm³/mol. The quantitative estimate of drug-likeness (QED) is 0.573. The lowest BCUT2D eigenvalue weighted by molar-refractivity contribution is -0.140. The van der Waals surface area contributed by atoms with Crippen molar-refractivity contribution in [1.82, 2.24) is 30.5 Å². The van der Waals surface area contributed by atoms with Gasteiger partial charge in [0, 0.05) is 45.1 Å². The molecule has 1 unspecified atom stereocenters. The van der Waals surface area contributed by atoms with Crippen molar-refractivity contribution in [3.8, 4) is 0 Å². The molecular weight excluding hydrogens is 344 g/mol. The Balaban J connectivity index is 1.38. The molecule has 0 bridgehead atoms. The van der Waals surface area contributed by atoms with Crippen molar-refractivity contribution in [2.45, 2.75) is 30.4 Å². The van der Waals surface area contributed by atoms with Gasteiger partial charge in [0.1, 0.15) is 11.1 Å². The van der Waals surface area contributed by atoms with Gasteiger partial charge < -0.3 is 19.9 Å². The molecule has 3 rings (SSSR count). The fraction of sp³-hybridized carbons (Fsp3) is 0.733. The third-order valence-corrected chi connectivity index (χ3v) is 5.22. The lowest BCUT2D eigenvalue weighted by atomic mass is 10.2. The molecule has 0 spiro atoms. The third-order valence-electron chi connectivity index (χ3n) is 4.32. The Morgan fingerprint density at radius 2 is 2.12 bits per heavy atom. The fourth-order valence-corrected chi connectivity index (χ4v) is 3.65. The highest BCUT2D eigenvalue weighted by Gasteiger charge is 2.30. The number of carbonyl (C=O) groups is 2. The van der Waals surface area contributed by atoms with Gasteiger partial charge in [0.2, 0.25) is 0 Å².